The molecule has 1 N–H and O–H groups in total. The second-order valence-corrected chi connectivity index (χ2v) is 5.62. The molecule has 0 aliphatic rings. The maximum Gasteiger partial charge on any atom is 0.160 e. The molecule has 1 heterocycles. The summed E-state index contributed by atoms with van der Waals surface area (Å²) in [7, 11) is 1.49. The fourth-order valence-electron chi connectivity index (χ4n) is 2.09. The lowest BCUT2D eigenvalue weighted by Crippen LogP contribution is -1.85. The van der Waals surface area contributed by atoms with E-state index in [0.29, 0.717) is 21.9 Å². The minimum atomic E-state index is 0.0397. The van der Waals surface area contributed by atoms with E-state index in [9.17, 15) is 10.4 Å². The molecular formula is C17H12N2O2S. The molecule has 1 aromatic heterocycles. The number of rotatable bonds is 3. The Balaban J connectivity index is 2.03. The van der Waals surface area contributed by atoms with E-state index in [4.69, 9.17) is 4.74 Å². The van der Waals surface area contributed by atoms with Gasteiger partial charge in [-0.25, -0.2) is 4.98 Å². The molecule has 3 rings (SSSR count). The highest BCUT2D eigenvalue weighted by molar-refractivity contribution is 7.19. The molecule has 22 heavy (non-hydrogen) atoms. The van der Waals surface area contributed by atoms with Gasteiger partial charge in [0.05, 0.1) is 22.9 Å². The van der Waals surface area contributed by atoms with Gasteiger partial charge in [-0.3, -0.25) is 0 Å². The van der Waals surface area contributed by atoms with E-state index in [-0.39, 0.29) is 5.75 Å². The first-order chi connectivity index (χ1) is 10.7. The van der Waals surface area contributed by atoms with Crippen LogP contribution in [0, 0.1) is 11.3 Å². The van der Waals surface area contributed by atoms with Crippen LogP contribution in [0.4, 0.5) is 0 Å². The lowest BCUT2D eigenvalue weighted by Gasteiger charge is -2.03. The molecule has 0 aliphatic carbocycles. The van der Waals surface area contributed by atoms with Gasteiger partial charge >= 0.3 is 0 Å². The van der Waals surface area contributed by atoms with Gasteiger partial charge in [0.15, 0.2) is 11.5 Å². The molecule has 108 valence electrons. The predicted molar refractivity (Wildman–Crippen MR) is 87.8 cm³/mol. The Morgan fingerprint density at radius 3 is 2.82 bits per heavy atom. The first kappa shape index (κ1) is 14.1. The molecule has 0 saturated heterocycles. The van der Waals surface area contributed by atoms with E-state index in [0.717, 1.165) is 10.2 Å². The fraction of sp³-hybridized carbons (Fsp3) is 0.0588. The van der Waals surface area contributed by atoms with Crippen LogP contribution in [0.2, 0.25) is 0 Å². The maximum absolute atomic E-state index is 9.81. The van der Waals surface area contributed by atoms with Gasteiger partial charge in [-0.2, -0.15) is 5.26 Å². The van der Waals surface area contributed by atoms with Gasteiger partial charge in [-0.1, -0.05) is 18.2 Å². The number of methoxy groups -OCH3 is 1. The minimum absolute atomic E-state index is 0.0397. The van der Waals surface area contributed by atoms with Gasteiger partial charge in [0, 0.05) is 0 Å². The molecule has 0 bridgehead atoms. The summed E-state index contributed by atoms with van der Waals surface area (Å²) in [6, 6.07) is 14.9. The molecule has 0 saturated carbocycles. The molecule has 0 aliphatic heterocycles. The number of phenols is 1. The summed E-state index contributed by atoms with van der Waals surface area (Å²) in [4.78, 5) is 4.48. The van der Waals surface area contributed by atoms with Crippen molar-refractivity contribution in [2.45, 2.75) is 0 Å². The van der Waals surface area contributed by atoms with Crippen LogP contribution in [0.5, 0.6) is 11.5 Å². The van der Waals surface area contributed by atoms with E-state index >= 15 is 0 Å². The van der Waals surface area contributed by atoms with Crippen molar-refractivity contribution in [2.24, 2.45) is 0 Å². The Kier molecular flexibility index (Phi) is 3.77. The number of nitrogens with zero attached hydrogens (tertiary/aromatic N) is 2. The molecular weight excluding hydrogens is 296 g/mol. The summed E-state index contributed by atoms with van der Waals surface area (Å²) < 4.78 is 6.05. The standard InChI is InChI=1S/C17H12N2O2S/c1-21-15-7-6-11(9-14(15)20)8-12(10-18)17-19-13-4-2-3-5-16(13)22-17/h2-9,20H,1H3. The number of hydrogen-bond acceptors (Lipinski definition) is 5. The number of aromatic nitrogens is 1. The van der Waals surface area contributed by atoms with Gasteiger partial charge in [-0.15, -0.1) is 11.3 Å². The number of allylic oxidation sites excluding steroid dienone is 1. The molecule has 0 fully saturated rings. The summed E-state index contributed by atoms with van der Waals surface area (Å²) in [6.07, 6.45) is 1.71. The van der Waals surface area contributed by atoms with Crippen molar-refractivity contribution in [2.75, 3.05) is 7.11 Å². The van der Waals surface area contributed by atoms with Crippen molar-refractivity contribution in [3.05, 3.63) is 53.0 Å². The average Bonchev–Trinajstić information content (AvgIpc) is 2.96. The van der Waals surface area contributed by atoms with Crippen molar-refractivity contribution in [1.82, 2.24) is 4.98 Å². The molecule has 0 amide bonds. The van der Waals surface area contributed by atoms with Gasteiger partial charge in [0.2, 0.25) is 0 Å². The summed E-state index contributed by atoms with van der Waals surface area (Å²) in [5.74, 6) is 0.438. The van der Waals surface area contributed by atoms with Crippen molar-refractivity contribution >= 4 is 33.2 Å². The minimum Gasteiger partial charge on any atom is -0.504 e. The van der Waals surface area contributed by atoms with E-state index in [2.05, 4.69) is 11.1 Å². The van der Waals surface area contributed by atoms with Gasteiger partial charge in [0.1, 0.15) is 11.1 Å². The maximum atomic E-state index is 9.81. The largest absolute Gasteiger partial charge is 0.504 e. The lowest BCUT2D eigenvalue weighted by atomic mass is 10.1. The molecule has 0 spiro atoms. The quantitative estimate of drug-likeness (QED) is 0.741. The average molecular weight is 308 g/mol. The number of aromatic hydroxyl groups is 1. The summed E-state index contributed by atoms with van der Waals surface area (Å²) in [5.41, 5.74) is 2.06. The highest BCUT2D eigenvalue weighted by atomic mass is 32.1. The Bertz CT molecular complexity index is 873. The number of benzene rings is 2. The third kappa shape index (κ3) is 2.65. The van der Waals surface area contributed by atoms with E-state index in [1.165, 1.54) is 18.4 Å². The Labute approximate surface area is 131 Å². The van der Waals surface area contributed by atoms with Crippen LogP contribution in [-0.4, -0.2) is 17.2 Å². The van der Waals surface area contributed by atoms with Crippen LogP contribution in [-0.2, 0) is 0 Å². The molecule has 4 nitrogen and oxygen atoms in total. The second kappa shape index (κ2) is 5.88. The van der Waals surface area contributed by atoms with Crippen molar-refractivity contribution in [3.8, 4) is 17.6 Å². The molecule has 0 radical (unpaired) electrons. The molecule has 2 aromatic carbocycles. The Hall–Kier alpha value is -2.84. The van der Waals surface area contributed by atoms with E-state index in [1.807, 2.05) is 24.3 Å². The number of phenolic OH excluding ortho intramolecular Hbond substituents is 1. The van der Waals surface area contributed by atoms with Crippen molar-refractivity contribution in [1.29, 1.82) is 5.26 Å². The third-order valence-electron chi connectivity index (χ3n) is 3.16. The molecule has 3 aromatic rings. The number of ether oxygens (including phenoxy) is 1. The second-order valence-electron chi connectivity index (χ2n) is 4.59. The fourth-order valence-corrected chi connectivity index (χ4v) is 3.02. The topological polar surface area (TPSA) is 66.1 Å². The normalized spacial score (nSPS) is 11.4. The van der Waals surface area contributed by atoms with Crippen LogP contribution in [0.1, 0.15) is 10.6 Å². The number of thiazole rings is 1. The van der Waals surface area contributed by atoms with Crippen LogP contribution >= 0.6 is 11.3 Å². The van der Waals surface area contributed by atoms with Crippen molar-refractivity contribution < 1.29 is 9.84 Å². The van der Waals surface area contributed by atoms with E-state index in [1.54, 1.807) is 24.3 Å². The van der Waals surface area contributed by atoms with Gasteiger partial charge in [0.25, 0.3) is 0 Å². The summed E-state index contributed by atoms with van der Waals surface area (Å²) in [5, 5.41) is 19.9. The van der Waals surface area contributed by atoms with Crippen LogP contribution in [0.3, 0.4) is 0 Å². The summed E-state index contributed by atoms with van der Waals surface area (Å²) in [6.45, 7) is 0. The van der Waals surface area contributed by atoms with Crippen molar-refractivity contribution in [3.63, 3.8) is 0 Å². The van der Waals surface area contributed by atoms with Gasteiger partial charge < -0.3 is 9.84 Å². The zero-order valence-corrected chi connectivity index (χ0v) is 12.6. The molecule has 0 atom stereocenters. The first-order valence-electron chi connectivity index (χ1n) is 6.56. The Morgan fingerprint density at radius 1 is 1.32 bits per heavy atom. The summed E-state index contributed by atoms with van der Waals surface area (Å²) >= 11 is 1.47. The Morgan fingerprint density at radius 2 is 2.14 bits per heavy atom. The first-order valence-corrected chi connectivity index (χ1v) is 7.37. The highest BCUT2D eigenvalue weighted by Gasteiger charge is 2.09. The molecule has 0 unspecified atom stereocenters. The van der Waals surface area contributed by atoms with Crippen LogP contribution in [0.25, 0.3) is 21.9 Å². The lowest BCUT2D eigenvalue weighted by molar-refractivity contribution is 0.373. The zero-order chi connectivity index (χ0) is 15.5. The zero-order valence-electron chi connectivity index (χ0n) is 11.8. The van der Waals surface area contributed by atoms with E-state index < -0.39 is 0 Å². The SMILES string of the molecule is COc1ccc(C=C(C#N)c2nc3ccccc3s2)cc1O. The number of hydrogen-bond donors (Lipinski definition) is 1. The van der Waals surface area contributed by atoms with Crippen LogP contribution in [0.15, 0.2) is 42.5 Å². The number of nitriles is 1. The number of para-hydroxylation sites is 1. The molecule has 5 heteroatoms. The number of fused-ring (bicyclic) bond motifs is 1. The monoisotopic (exact) mass is 308 g/mol. The third-order valence-corrected chi connectivity index (χ3v) is 4.23. The highest BCUT2D eigenvalue weighted by Crippen LogP contribution is 2.30. The van der Waals surface area contributed by atoms with Crippen LogP contribution < -0.4 is 4.74 Å². The van der Waals surface area contributed by atoms with Gasteiger partial charge in [-0.05, 0) is 35.9 Å². The smallest absolute Gasteiger partial charge is 0.160 e. The predicted octanol–water partition coefficient (Wildman–Crippen LogP) is 4.07.